The third-order valence-corrected chi connectivity index (χ3v) is 9.72. The van der Waals surface area contributed by atoms with E-state index in [9.17, 15) is 0 Å². The van der Waals surface area contributed by atoms with Crippen LogP contribution in [-0.4, -0.2) is 50.5 Å². The zero-order valence-corrected chi connectivity index (χ0v) is 32.1. The second-order valence-corrected chi connectivity index (χ2v) is 14.5. The Hall–Kier alpha value is -1.16. The van der Waals surface area contributed by atoms with Crippen LogP contribution in [0.4, 0.5) is 0 Å². The molecule has 0 radical (unpaired) electrons. The van der Waals surface area contributed by atoms with Crippen LogP contribution in [0.25, 0.3) is 0 Å². The van der Waals surface area contributed by atoms with Crippen LogP contribution in [0, 0.1) is 0 Å². The van der Waals surface area contributed by atoms with Crippen LogP contribution in [0.3, 0.4) is 0 Å². The highest BCUT2D eigenvalue weighted by molar-refractivity contribution is 4.93. The average molecular weight is 656 g/mol. The number of unbranched alkanes of at least 4 members (excludes halogenated alkanes) is 18. The lowest BCUT2D eigenvalue weighted by Gasteiger charge is -2.38. The number of hydrogen-bond acceptors (Lipinski definition) is 3. The molecule has 2 unspecified atom stereocenters. The van der Waals surface area contributed by atoms with Gasteiger partial charge in [0, 0.05) is 19.3 Å². The van der Waals surface area contributed by atoms with Gasteiger partial charge in [0.1, 0.15) is 0 Å². The van der Waals surface area contributed by atoms with E-state index < -0.39 is 0 Å². The molecule has 0 aromatic carbocycles. The standard InChI is InChI=1S/C44H81NO2/c1-5-7-9-11-13-15-17-19-21-23-25-27-29-31-33-35-37-46-43-39-42(45(3)4)40-44(41-43)47-38-36-34-32-30-28-26-24-22-20-18-16-14-12-10-8-6-2/h13-16,19-22,42-44H,5-12,17-18,23-41H2,1-4H3. The molecule has 0 aromatic rings. The number of ether oxygens (including phenoxy) is 2. The largest absolute Gasteiger partial charge is 0.378 e. The van der Waals surface area contributed by atoms with Crippen molar-refractivity contribution in [3.8, 4) is 0 Å². The van der Waals surface area contributed by atoms with Gasteiger partial charge in [0.2, 0.25) is 0 Å². The van der Waals surface area contributed by atoms with Gasteiger partial charge in [0.05, 0.1) is 12.2 Å². The molecular weight excluding hydrogens is 574 g/mol. The number of allylic oxidation sites excluding steroid dienone is 8. The van der Waals surface area contributed by atoms with Crippen LogP contribution in [0.15, 0.2) is 48.6 Å². The van der Waals surface area contributed by atoms with E-state index in [1.54, 1.807) is 0 Å². The Bertz CT molecular complexity index is 696. The minimum atomic E-state index is 0.356. The van der Waals surface area contributed by atoms with Crippen LogP contribution < -0.4 is 0 Å². The van der Waals surface area contributed by atoms with E-state index in [4.69, 9.17) is 9.47 Å². The van der Waals surface area contributed by atoms with Crippen molar-refractivity contribution in [1.82, 2.24) is 4.90 Å². The highest BCUT2D eigenvalue weighted by Gasteiger charge is 2.31. The molecule has 47 heavy (non-hydrogen) atoms. The number of hydrogen-bond donors (Lipinski definition) is 0. The molecule has 0 amide bonds. The van der Waals surface area contributed by atoms with E-state index in [2.05, 4.69) is 81.5 Å². The Balaban J connectivity index is 2.00. The van der Waals surface area contributed by atoms with Crippen LogP contribution in [-0.2, 0) is 9.47 Å². The van der Waals surface area contributed by atoms with E-state index in [0.29, 0.717) is 18.2 Å². The molecule has 274 valence electrons. The van der Waals surface area contributed by atoms with Gasteiger partial charge in [-0.1, -0.05) is 140 Å². The Kier molecular flexibility index (Phi) is 32.4. The molecule has 3 nitrogen and oxygen atoms in total. The third-order valence-electron chi connectivity index (χ3n) is 9.72. The zero-order valence-electron chi connectivity index (χ0n) is 32.1. The molecule has 0 saturated heterocycles. The van der Waals surface area contributed by atoms with Crippen molar-refractivity contribution in [2.24, 2.45) is 0 Å². The van der Waals surface area contributed by atoms with Crippen LogP contribution in [0.1, 0.15) is 187 Å². The molecule has 0 N–H and O–H groups in total. The van der Waals surface area contributed by atoms with Crippen molar-refractivity contribution >= 4 is 0 Å². The van der Waals surface area contributed by atoms with Gasteiger partial charge in [-0.15, -0.1) is 0 Å². The van der Waals surface area contributed by atoms with Gasteiger partial charge in [-0.3, -0.25) is 0 Å². The molecule has 1 saturated carbocycles. The molecule has 3 heteroatoms. The van der Waals surface area contributed by atoms with Crippen molar-refractivity contribution < 1.29 is 9.47 Å². The molecule has 0 spiro atoms. The Morgan fingerprint density at radius 2 is 0.766 bits per heavy atom. The van der Waals surface area contributed by atoms with E-state index in [0.717, 1.165) is 45.3 Å². The molecule has 1 rings (SSSR count). The monoisotopic (exact) mass is 656 g/mol. The molecule has 1 aliphatic carbocycles. The highest BCUT2D eigenvalue weighted by atomic mass is 16.5. The molecule has 0 heterocycles. The van der Waals surface area contributed by atoms with E-state index >= 15 is 0 Å². The Morgan fingerprint density at radius 1 is 0.426 bits per heavy atom. The summed E-state index contributed by atoms with van der Waals surface area (Å²) < 4.78 is 12.8. The number of nitrogens with zero attached hydrogens (tertiary/aromatic N) is 1. The molecule has 1 fully saturated rings. The first-order valence-electron chi connectivity index (χ1n) is 20.7. The lowest BCUT2D eigenvalue weighted by Crippen LogP contribution is -2.42. The first kappa shape index (κ1) is 43.9. The summed E-state index contributed by atoms with van der Waals surface area (Å²) in [4.78, 5) is 2.38. The predicted octanol–water partition coefficient (Wildman–Crippen LogP) is 13.5. The predicted molar refractivity (Wildman–Crippen MR) is 210 cm³/mol. The maximum atomic E-state index is 6.42. The maximum absolute atomic E-state index is 6.42. The van der Waals surface area contributed by atoms with Crippen molar-refractivity contribution in [3.63, 3.8) is 0 Å². The zero-order chi connectivity index (χ0) is 33.9. The first-order valence-corrected chi connectivity index (χ1v) is 20.7. The lowest BCUT2D eigenvalue weighted by molar-refractivity contribution is -0.0667. The molecule has 0 bridgehead atoms. The van der Waals surface area contributed by atoms with Crippen LogP contribution >= 0.6 is 0 Å². The lowest BCUT2D eigenvalue weighted by atomic mass is 9.89. The molecule has 1 aliphatic rings. The van der Waals surface area contributed by atoms with Crippen molar-refractivity contribution in [2.45, 2.75) is 205 Å². The summed E-state index contributed by atoms with van der Waals surface area (Å²) in [5.74, 6) is 0. The van der Waals surface area contributed by atoms with E-state index in [1.807, 2.05) is 0 Å². The first-order chi connectivity index (χ1) is 23.2. The summed E-state index contributed by atoms with van der Waals surface area (Å²) in [5, 5.41) is 0. The Labute approximate surface area is 295 Å². The topological polar surface area (TPSA) is 21.7 Å². The summed E-state index contributed by atoms with van der Waals surface area (Å²) in [6.45, 7) is 6.37. The van der Waals surface area contributed by atoms with Gasteiger partial charge in [-0.2, -0.15) is 0 Å². The minimum absolute atomic E-state index is 0.356. The molecular formula is C44H81NO2. The van der Waals surface area contributed by atoms with Crippen LogP contribution in [0.5, 0.6) is 0 Å². The van der Waals surface area contributed by atoms with Gasteiger partial charge in [-0.05, 0) is 110 Å². The van der Waals surface area contributed by atoms with E-state index in [1.165, 1.54) is 141 Å². The fourth-order valence-electron chi connectivity index (χ4n) is 6.56. The summed E-state index contributed by atoms with van der Waals surface area (Å²) in [6, 6.07) is 0.575. The van der Waals surface area contributed by atoms with Crippen molar-refractivity contribution in [1.29, 1.82) is 0 Å². The maximum Gasteiger partial charge on any atom is 0.0614 e. The second-order valence-electron chi connectivity index (χ2n) is 14.5. The summed E-state index contributed by atoms with van der Waals surface area (Å²) >= 11 is 0. The van der Waals surface area contributed by atoms with Gasteiger partial charge in [-0.25, -0.2) is 0 Å². The Morgan fingerprint density at radius 3 is 1.13 bits per heavy atom. The second kappa shape index (κ2) is 34.7. The minimum Gasteiger partial charge on any atom is -0.378 e. The quantitative estimate of drug-likeness (QED) is 0.0519. The number of rotatable bonds is 33. The van der Waals surface area contributed by atoms with Gasteiger partial charge < -0.3 is 14.4 Å². The fourth-order valence-corrected chi connectivity index (χ4v) is 6.56. The SMILES string of the molecule is CCCCCC=CCC=CCCCCCCCCOC1CC(OCCCCCCCCC=CCC=CCCCCC)CC(N(C)C)C1. The van der Waals surface area contributed by atoms with Crippen molar-refractivity contribution in [3.05, 3.63) is 48.6 Å². The normalized spacial score (nSPS) is 19.1. The average Bonchev–Trinajstić information content (AvgIpc) is 3.07. The summed E-state index contributed by atoms with van der Waals surface area (Å²) in [7, 11) is 4.43. The van der Waals surface area contributed by atoms with Crippen molar-refractivity contribution in [2.75, 3.05) is 27.3 Å². The fraction of sp³-hybridized carbons (Fsp3) is 0.818. The van der Waals surface area contributed by atoms with Gasteiger partial charge in [0.15, 0.2) is 0 Å². The molecule has 0 aliphatic heterocycles. The third kappa shape index (κ3) is 29.5. The molecule has 0 aromatic heterocycles. The van der Waals surface area contributed by atoms with Gasteiger partial charge in [0.25, 0.3) is 0 Å². The summed E-state index contributed by atoms with van der Waals surface area (Å²) in [5.41, 5.74) is 0. The van der Waals surface area contributed by atoms with Crippen LogP contribution in [0.2, 0.25) is 0 Å². The van der Waals surface area contributed by atoms with Gasteiger partial charge >= 0.3 is 0 Å². The van der Waals surface area contributed by atoms with E-state index in [-0.39, 0.29) is 0 Å². The highest BCUT2D eigenvalue weighted by Crippen LogP contribution is 2.27. The molecule has 2 atom stereocenters. The smallest absolute Gasteiger partial charge is 0.0614 e. The summed E-state index contributed by atoms with van der Waals surface area (Å²) in [6.07, 6.45) is 53.9.